The van der Waals surface area contributed by atoms with E-state index in [1.165, 1.54) is 0 Å². The van der Waals surface area contributed by atoms with E-state index in [0.717, 1.165) is 18.2 Å². The van der Waals surface area contributed by atoms with Crippen molar-refractivity contribution in [3.63, 3.8) is 0 Å². The normalized spacial score (nSPS) is 9.44. The monoisotopic (exact) mass is 250 g/mol. The highest BCUT2D eigenvalue weighted by Gasteiger charge is 2.07. The molecule has 0 spiro atoms. The Hall–Kier alpha value is -1.20. The Morgan fingerprint density at radius 2 is 1.81 bits per heavy atom. The van der Waals surface area contributed by atoms with Gasteiger partial charge in [-0.15, -0.1) is 12.4 Å². The van der Waals surface area contributed by atoms with Crippen LogP contribution in [0.25, 0.3) is 0 Å². The van der Waals surface area contributed by atoms with Crippen LogP contribution in [-0.4, -0.2) is 19.0 Å². The second kappa shape index (κ2) is 7.14. The Balaban J connectivity index is 0.00000225. The van der Waals surface area contributed by atoms with Crippen molar-refractivity contribution in [2.75, 3.05) is 13.1 Å². The quantitative estimate of drug-likeness (QED) is 0.795. The van der Waals surface area contributed by atoms with Crippen LogP contribution in [0.15, 0.2) is 18.2 Å². The number of hydrogen-bond acceptors (Lipinski definition) is 2. The Bertz CT molecular complexity index is 340. The van der Waals surface area contributed by atoms with Crippen LogP contribution in [0.4, 0.5) is 8.78 Å². The lowest BCUT2D eigenvalue weighted by Gasteiger charge is -2.04. The lowest BCUT2D eigenvalue weighted by molar-refractivity contribution is 0.0952. The smallest absolute Gasteiger partial charge is 0.251 e. The van der Waals surface area contributed by atoms with Crippen molar-refractivity contribution in [1.82, 2.24) is 5.32 Å². The highest BCUT2D eigenvalue weighted by atomic mass is 35.5. The maximum absolute atomic E-state index is 12.7. The standard InChI is InChI=1S/C10H12F2N2O.ClH/c11-8-4-7(5-9(12)6-8)10(15)14-3-1-2-13;/h4-6H,1-3,13H2,(H,14,15);1H. The van der Waals surface area contributed by atoms with Crippen LogP contribution in [0.3, 0.4) is 0 Å². The summed E-state index contributed by atoms with van der Waals surface area (Å²) in [5.41, 5.74) is 5.21. The van der Waals surface area contributed by atoms with E-state index in [9.17, 15) is 13.6 Å². The minimum Gasteiger partial charge on any atom is -0.352 e. The summed E-state index contributed by atoms with van der Waals surface area (Å²) >= 11 is 0. The fourth-order valence-electron chi connectivity index (χ4n) is 1.09. The first-order valence-corrected chi connectivity index (χ1v) is 4.58. The summed E-state index contributed by atoms with van der Waals surface area (Å²) in [6, 6.07) is 2.69. The van der Waals surface area contributed by atoms with Gasteiger partial charge in [-0.1, -0.05) is 0 Å². The van der Waals surface area contributed by atoms with Crippen LogP contribution in [-0.2, 0) is 0 Å². The number of carbonyl (C=O) groups is 1. The Kier molecular flexibility index (Phi) is 6.60. The molecule has 0 aliphatic carbocycles. The molecule has 0 radical (unpaired) electrons. The van der Waals surface area contributed by atoms with E-state index in [0.29, 0.717) is 19.5 Å². The molecule has 1 aromatic carbocycles. The molecule has 3 nitrogen and oxygen atoms in total. The molecule has 16 heavy (non-hydrogen) atoms. The first-order chi connectivity index (χ1) is 7.13. The third kappa shape index (κ3) is 4.55. The van der Waals surface area contributed by atoms with Crippen LogP contribution >= 0.6 is 12.4 Å². The van der Waals surface area contributed by atoms with Crippen molar-refractivity contribution in [1.29, 1.82) is 0 Å². The zero-order chi connectivity index (χ0) is 11.3. The second-order valence-corrected chi connectivity index (χ2v) is 3.06. The van der Waals surface area contributed by atoms with Gasteiger partial charge < -0.3 is 11.1 Å². The minimum atomic E-state index is -0.765. The molecule has 0 aromatic heterocycles. The van der Waals surface area contributed by atoms with E-state index in [4.69, 9.17) is 5.73 Å². The summed E-state index contributed by atoms with van der Waals surface area (Å²) < 4.78 is 25.5. The zero-order valence-electron chi connectivity index (χ0n) is 8.50. The molecule has 0 bridgehead atoms. The van der Waals surface area contributed by atoms with Gasteiger partial charge in [0.05, 0.1) is 0 Å². The van der Waals surface area contributed by atoms with Crippen LogP contribution in [0.5, 0.6) is 0 Å². The molecular weight excluding hydrogens is 238 g/mol. The summed E-state index contributed by atoms with van der Waals surface area (Å²) in [4.78, 5) is 11.3. The number of nitrogens with one attached hydrogen (secondary N) is 1. The summed E-state index contributed by atoms with van der Waals surface area (Å²) in [6.45, 7) is 0.852. The van der Waals surface area contributed by atoms with Crippen molar-refractivity contribution >= 4 is 18.3 Å². The fraction of sp³-hybridized carbons (Fsp3) is 0.300. The van der Waals surface area contributed by atoms with Gasteiger partial charge in [0.1, 0.15) is 11.6 Å². The Morgan fingerprint density at radius 1 is 1.25 bits per heavy atom. The first-order valence-electron chi connectivity index (χ1n) is 4.58. The predicted molar refractivity (Wildman–Crippen MR) is 59.6 cm³/mol. The zero-order valence-corrected chi connectivity index (χ0v) is 9.32. The first kappa shape index (κ1) is 14.8. The summed E-state index contributed by atoms with van der Waals surface area (Å²) in [6.07, 6.45) is 0.629. The summed E-state index contributed by atoms with van der Waals surface area (Å²) in [5, 5.41) is 2.50. The number of halogens is 3. The molecule has 0 saturated carbocycles. The van der Waals surface area contributed by atoms with E-state index < -0.39 is 17.5 Å². The van der Waals surface area contributed by atoms with E-state index in [1.54, 1.807) is 0 Å². The van der Waals surface area contributed by atoms with Crippen molar-refractivity contribution in [2.24, 2.45) is 5.73 Å². The van der Waals surface area contributed by atoms with Crippen LogP contribution < -0.4 is 11.1 Å². The largest absolute Gasteiger partial charge is 0.352 e. The molecule has 0 atom stereocenters. The highest BCUT2D eigenvalue weighted by molar-refractivity contribution is 5.94. The van der Waals surface area contributed by atoms with Gasteiger partial charge in [0.2, 0.25) is 0 Å². The number of nitrogens with two attached hydrogens (primary N) is 1. The molecule has 6 heteroatoms. The third-order valence-corrected chi connectivity index (χ3v) is 1.79. The van der Waals surface area contributed by atoms with E-state index in [2.05, 4.69) is 5.32 Å². The molecule has 3 N–H and O–H groups in total. The van der Waals surface area contributed by atoms with E-state index in [-0.39, 0.29) is 18.0 Å². The molecule has 1 amide bonds. The van der Waals surface area contributed by atoms with Gasteiger partial charge in [0.15, 0.2) is 0 Å². The maximum Gasteiger partial charge on any atom is 0.251 e. The molecule has 0 heterocycles. The molecule has 0 fully saturated rings. The van der Waals surface area contributed by atoms with Crippen molar-refractivity contribution in [2.45, 2.75) is 6.42 Å². The number of carbonyl (C=O) groups excluding carboxylic acids is 1. The van der Waals surface area contributed by atoms with Gasteiger partial charge in [-0.25, -0.2) is 8.78 Å². The third-order valence-electron chi connectivity index (χ3n) is 1.79. The molecule has 0 aliphatic rings. The van der Waals surface area contributed by atoms with Gasteiger partial charge in [-0.2, -0.15) is 0 Å². The number of rotatable bonds is 4. The molecule has 90 valence electrons. The molecule has 0 unspecified atom stereocenters. The van der Waals surface area contributed by atoms with Gasteiger partial charge in [-0.3, -0.25) is 4.79 Å². The van der Waals surface area contributed by atoms with Crippen LogP contribution in [0.1, 0.15) is 16.8 Å². The molecule has 0 aliphatic heterocycles. The number of amides is 1. The van der Waals surface area contributed by atoms with Gasteiger partial charge in [0.25, 0.3) is 5.91 Å². The SMILES string of the molecule is Cl.NCCCNC(=O)c1cc(F)cc(F)c1. The van der Waals surface area contributed by atoms with E-state index >= 15 is 0 Å². The molecule has 1 aromatic rings. The van der Waals surface area contributed by atoms with Gasteiger partial charge >= 0.3 is 0 Å². The molecular formula is C10H13ClF2N2O. The average molecular weight is 251 g/mol. The maximum atomic E-state index is 12.7. The predicted octanol–water partition coefficient (Wildman–Crippen LogP) is 1.47. The number of benzene rings is 1. The molecule has 1 rings (SSSR count). The van der Waals surface area contributed by atoms with Crippen molar-refractivity contribution < 1.29 is 13.6 Å². The molecule has 0 saturated heterocycles. The fourth-order valence-corrected chi connectivity index (χ4v) is 1.09. The van der Waals surface area contributed by atoms with E-state index in [1.807, 2.05) is 0 Å². The van der Waals surface area contributed by atoms with Gasteiger partial charge in [0, 0.05) is 18.2 Å². The van der Waals surface area contributed by atoms with Crippen molar-refractivity contribution in [3.8, 4) is 0 Å². The Morgan fingerprint density at radius 3 is 2.31 bits per heavy atom. The van der Waals surface area contributed by atoms with Crippen LogP contribution in [0, 0.1) is 11.6 Å². The summed E-state index contributed by atoms with van der Waals surface area (Å²) in [5.74, 6) is -2.03. The second-order valence-electron chi connectivity index (χ2n) is 3.06. The lowest BCUT2D eigenvalue weighted by Crippen LogP contribution is -2.26. The lowest BCUT2D eigenvalue weighted by atomic mass is 10.2. The average Bonchev–Trinajstić information content (AvgIpc) is 2.16. The summed E-state index contributed by atoms with van der Waals surface area (Å²) in [7, 11) is 0. The van der Waals surface area contributed by atoms with Crippen molar-refractivity contribution in [3.05, 3.63) is 35.4 Å². The minimum absolute atomic E-state index is 0. The van der Waals surface area contributed by atoms with Gasteiger partial charge in [-0.05, 0) is 25.1 Å². The Labute approximate surface area is 98.4 Å². The highest BCUT2D eigenvalue weighted by Crippen LogP contribution is 2.07. The number of hydrogen-bond donors (Lipinski definition) is 2. The topological polar surface area (TPSA) is 55.1 Å². The van der Waals surface area contributed by atoms with Crippen LogP contribution in [0.2, 0.25) is 0 Å².